The lowest BCUT2D eigenvalue weighted by molar-refractivity contribution is 0.0727. The normalized spacial score (nSPS) is 11.1. The van der Waals surface area contributed by atoms with Gasteiger partial charge in [0, 0.05) is 11.4 Å². The van der Waals surface area contributed by atoms with Crippen molar-refractivity contribution < 1.29 is 14.3 Å². The maximum Gasteiger partial charge on any atom is 0.364 e. The van der Waals surface area contributed by atoms with Gasteiger partial charge in [-0.3, -0.25) is 9.48 Å². The van der Waals surface area contributed by atoms with Gasteiger partial charge in [0.25, 0.3) is 0 Å². The SMILES string of the molecule is CC(=O)c1cc(C)ccc1OC(=O)c1nn(C(C)C)c2ccccc12. The Balaban J connectivity index is 2.03. The summed E-state index contributed by atoms with van der Waals surface area (Å²) in [5.74, 6) is -0.461. The van der Waals surface area contributed by atoms with Crippen molar-refractivity contribution in [2.24, 2.45) is 0 Å². The molecule has 0 unspecified atom stereocenters. The molecule has 0 spiro atoms. The molecule has 0 N–H and O–H groups in total. The first-order valence-electron chi connectivity index (χ1n) is 8.19. The molecule has 0 amide bonds. The summed E-state index contributed by atoms with van der Waals surface area (Å²) < 4.78 is 7.31. The number of carbonyl (C=O) groups is 2. The Morgan fingerprint density at radius 1 is 1.12 bits per heavy atom. The summed E-state index contributed by atoms with van der Waals surface area (Å²) in [6.45, 7) is 7.34. The van der Waals surface area contributed by atoms with E-state index in [4.69, 9.17) is 4.74 Å². The van der Waals surface area contributed by atoms with Gasteiger partial charge in [0.1, 0.15) is 5.75 Å². The topological polar surface area (TPSA) is 61.2 Å². The van der Waals surface area contributed by atoms with Crippen LogP contribution in [0.1, 0.15) is 53.2 Å². The van der Waals surface area contributed by atoms with E-state index in [9.17, 15) is 9.59 Å². The molecule has 1 heterocycles. The summed E-state index contributed by atoms with van der Waals surface area (Å²) in [5, 5.41) is 5.17. The number of fused-ring (bicyclic) bond motifs is 1. The zero-order valence-electron chi connectivity index (χ0n) is 14.7. The fraction of sp³-hybridized carbons (Fsp3) is 0.250. The van der Waals surface area contributed by atoms with Crippen molar-refractivity contribution in [3.05, 3.63) is 59.3 Å². The highest BCUT2D eigenvalue weighted by atomic mass is 16.5. The van der Waals surface area contributed by atoms with Gasteiger partial charge in [-0.1, -0.05) is 29.8 Å². The van der Waals surface area contributed by atoms with Gasteiger partial charge < -0.3 is 4.74 Å². The van der Waals surface area contributed by atoms with E-state index < -0.39 is 5.97 Å². The predicted octanol–water partition coefficient (Wildman–Crippen LogP) is 4.35. The van der Waals surface area contributed by atoms with E-state index in [0.717, 1.165) is 16.5 Å². The Morgan fingerprint density at radius 3 is 2.52 bits per heavy atom. The van der Waals surface area contributed by atoms with Gasteiger partial charge in [0.2, 0.25) is 0 Å². The van der Waals surface area contributed by atoms with Crippen LogP contribution in [-0.4, -0.2) is 21.5 Å². The van der Waals surface area contributed by atoms with Gasteiger partial charge in [-0.05, 0) is 45.9 Å². The molecule has 5 nitrogen and oxygen atoms in total. The molecule has 128 valence electrons. The minimum absolute atomic E-state index is 0.110. The minimum atomic E-state index is -0.568. The van der Waals surface area contributed by atoms with Gasteiger partial charge in [-0.2, -0.15) is 5.10 Å². The molecule has 3 aromatic rings. The van der Waals surface area contributed by atoms with Crippen LogP contribution in [0.3, 0.4) is 0 Å². The number of esters is 1. The Morgan fingerprint density at radius 2 is 1.84 bits per heavy atom. The number of carbonyl (C=O) groups excluding carboxylic acids is 2. The lowest BCUT2D eigenvalue weighted by atomic mass is 10.1. The first-order chi connectivity index (χ1) is 11.9. The summed E-state index contributed by atoms with van der Waals surface area (Å²) in [7, 11) is 0. The first kappa shape index (κ1) is 16.9. The third-order valence-corrected chi connectivity index (χ3v) is 4.01. The number of rotatable bonds is 4. The van der Waals surface area contributed by atoms with Crippen LogP contribution in [0, 0.1) is 6.92 Å². The van der Waals surface area contributed by atoms with Crippen molar-refractivity contribution in [3.8, 4) is 5.75 Å². The van der Waals surface area contributed by atoms with Crippen LogP contribution in [0.15, 0.2) is 42.5 Å². The highest BCUT2D eigenvalue weighted by Gasteiger charge is 2.21. The second-order valence-corrected chi connectivity index (χ2v) is 6.35. The fourth-order valence-corrected chi connectivity index (χ4v) is 2.79. The molecule has 0 saturated carbocycles. The molecule has 0 aliphatic rings. The average Bonchev–Trinajstić information content (AvgIpc) is 2.96. The molecule has 2 aromatic carbocycles. The Labute approximate surface area is 146 Å². The molecule has 0 radical (unpaired) electrons. The lowest BCUT2D eigenvalue weighted by Crippen LogP contribution is -2.13. The molecular weight excluding hydrogens is 316 g/mol. The summed E-state index contributed by atoms with van der Waals surface area (Å²) in [4.78, 5) is 24.5. The zero-order valence-corrected chi connectivity index (χ0v) is 14.7. The zero-order chi connectivity index (χ0) is 18.1. The van der Waals surface area contributed by atoms with E-state index in [2.05, 4.69) is 5.10 Å². The second kappa shape index (κ2) is 6.51. The van der Waals surface area contributed by atoms with Gasteiger partial charge in [0.05, 0.1) is 11.1 Å². The summed E-state index contributed by atoms with van der Waals surface area (Å²) in [6, 6.07) is 12.8. The van der Waals surface area contributed by atoms with Gasteiger partial charge in [-0.15, -0.1) is 0 Å². The predicted molar refractivity (Wildman–Crippen MR) is 96.3 cm³/mol. The van der Waals surface area contributed by atoms with Crippen LogP contribution in [0.5, 0.6) is 5.75 Å². The first-order valence-corrected chi connectivity index (χ1v) is 8.19. The van der Waals surface area contributed by atoms with Crippen molar-refractivity contribution in [2.75, 3.05) is 0 Å². The molecular formula is C20H20N2O3. The number of hydrogen-bond donors (Lipinski definition) is 0. The molecule has 25 heavy (non-hydrogen) atoms. The van der Waals surface area contributed by atoms with E-state index in [0.29, 0.717) is 5.56 Å². The summed E-state index contributed by atoms with van der Waals surface area (Å²) in [5.41, 5.74) is 2.44. The summed E-state index contributed by atoms with van der Waals surface area (Å²) in [6.07, 6.45) is 0. The molecule has 0 aliphatic heterocycles. The number of para-hydroxylation sites is 1. The Hall–Kier alpha value is -2.95. The van der Waals surface area contributed by atoms with E-state index in [1.165, 1.54) is 6.92 Å². The van der Waals surface area contributed by atoms with Crippen LogP contribution in [0.2, 0.25) is 0 Å². The van der Waals surface area contributed by atoms with Crippen LogP contribution >= 0.6 is 0 Å². The van der Waals surface area contributed by atoms with Crippen LogP contribution in [0.4, 0.5) is 0 Å². The van der Waals surface area contributed by atoms with E-state index >= 15 is 0 Å². The quantitative estimate of drug-likeness (QED) is 0.404. The Kier molecular flexibility index (Phi) is 4.40. The highest BCUT2D eigenvalue weighted by molar-refractivity contribution is 6.04. The van der Waals surface area contributed by atoms with E-state index in [-0.39, 0.29) is 23.3 Å². The molecule has 3 rings (SSSR count). The van der Waals surface area contributed by atoms with E-state index in [1.54, 1.807) is 22.9 Å². The monoisotopic (exact) mass is 336 g/mol. The number of hydrogen-bond acceptors (Lipinski definition) is 4. The number of aromatic nitrogens is 2. The standard InChI is InChI=1S/C20H20N2O3/c1-12(2)22-17-8-6-5-7-15(17)19(21-22)20(24)25-18-10-9-13(3)11-16(18)14(4)23/h5-12H,1-4H3. The number of Topliss-reactive ketones (excluding diaryl/α,β-unsaturated/α-hetero) is 1. The maximum absolute atomic E-state index is 12.7. The van der Waals surface area contributed by atoms with Crippen molar-refractivity contribution in [1.29, 1.82) is 0 Å². The van der Waals surface area contributed by atoms with Gasteiger partial charge in [0.15, 0.2) is 11.5 Å². The lowest BCUT2D eigenvalue weighted by Gasteiger charge is -2.08. The van der Waals surface area contributed by atoms with Crippen molar-refractivity contribution in [2.45, 2.75) is 33.7 Å². The van der Waals surface area contributed by atoms with Gasteiger partial charge in [-0.25, -0.2) is 4.79 Å². The molecule has 0 aliphatic carbocycles. The number of ketones is 1. The highest BCUT2D eigenvalue weighted by Crippen LogP contribution is 2.25. The number of nitrogens with zero attached hydrogens (tertiary/aromatic N) is 2. The maximum atomic E-state index is 12.7. The number of aryl methyl sites for hydroxylation is 1. The third kappa shape index (κ3) is 3.18. The second-order valence-electron chi connectivity index (χ2n) is 6.35. The van der Waals surface area contributed by atoms with E-state index in [1.807, 2.05) is 45.0 Å². The third-order valence-electron chi connectivity index (χ3n) is 4.01. The van der Waals surface area contributed by atoms with Crippen molar-refractivity contribution >= 4 is 22.7 Å². The van der Waals surface area contributed by atoms with Crippen LogP contribution < -0.4 is 4.74 Å². The molecule has 0 saturated heterocycles. The molecule has 0 fully saturated rings. The molecule has 0 bridgehead atoms. The largest absolute Gasteiger partial charge is 0.421 e. The molecule has 5 heteroatoms. The fourth-order valence-electron chi connectivity index (χ4n) is 2.79. The van der Waals surface area contributed by atoms with Crippen LogP contribution in [-0.2, 0) is 0 Å². The van der Waals surface area contributed by atoms with Crippen LogP contribution in [0.25, 0.3) is 10.9 Å². The average molecular weight is 336 g/mol. The number of ether oxygens (including phenoxy) is 1. The van der Waals surface area contributed by atoms with Gasteiger partial charge >= 0.3 is 5.97 Å². The summed E-state index contributed by atoms with van der Waals surface area (Å²) >= 11 is 0. The van der Waals surface area contributed by atoms with Crippen molar-refractivity contribution in [1.82, 2.24) is 9.78 Å². The minimum Gasteiger partial charge on any atom is -0.421 e. The molecule has 1 aromatic heterocycles. The van der Waals surface area contributed by atoms with Crippen molar-refractivity contribution in [3.63, 3.8) is 0 Å². The Bertz CT molecular complexity index is 970. The smallest absolute Gasteiger partial charge is 0.364 e. The molecule has 0 atom stereocenters. The number of benzene rings is 2.